The van der Waals surface area contributed by atoms with Crippen LogP contribution in [0, 0.1) is 0 Å². The number of rotatable bonds is 16. The van der Waals surface area contributed by atoms with Crippen LogP contribution < -0.4 is 21.3 Å². The maximum absolute atomic E-state index is 12.3. The van der Waals surface area contributed by atoms with E-state index in [1.165, 1.54) is 24.3 Å². The summed E-state index contributed by atoms with van der Waals surface area (Å²) in [5, 5.41) is 35.8. The number of halogens is 15. The highest BCUT2D eigenvalue weighted by molar-refractivity contribution is 7.86. The molecule has 0 saturated carbocycles. The molecule has 5 rings (SSSR count). The molecule has 49 heteroatoms. The molecule has 0 aromatic heterocycles. The van der Waals surface area contributed by atoms with E-state index < -0.39 is 180 Å². The zero-order valence-corrected chi connectivity index (χ0v) is 57.9. The number of aliphatic hydroxyl groups is 2. The van der Waals surface area contributed by atoms with Crippen LogP contribution in [-0.4, -0.2) is 288 Å². The van der Waals surface area contributed by atoms with Gasteiger partial charge in [0, 0.05) is 88.4 Å². The van der Waals surface area contributed by atoms with Crippen molar-refractivity contribution in [3.63, 3.8) is 0 Å². The van der Waals surface area contributed by atoms with Gasteiger partial charge in [0.05, 0.1) is 62.0 Å². The number of carbonyl (C=O) groups excluding carboxylic acids is 7. The first-order chi connectivity index (χ1) is 46.7. The van der Waals surface area contributed by atoms with E-state index in [-0.39, 0.29) is 65.4 Å². The Hall–Kier alpha value is -8.18. The smallest absolute Gasteiger partial charge is 0.444 e. The number of hydrogen-bond donors (Lipinski definition) is 6. The third-order valence-corrected chi connectivity index (χ3v) is 13.3. The monoisotopic (exact) mass is 1610 g/mol. The first-order valence-corrected chi connectivity index (χ1v) is 32.9. The van der Waals surface area contributed by atoms with Crippen LogP contribution in [0.4, 0.5) is 75.4 Å². The second-order valence-electron chi connectivity index (χ2n) is 23.3. The Morgan fingerprint density at radius 3 is 1.08 bits per heavy atom. The van der Waals surface area contributed by atoms with E-state index in [4.69, 9.17) is 30.7 Å². The van der Waals surface area contributed by atoms with Crippen molar-refractivity contribution in [2.45, 2.75) is 154 Å². The molecule has 0 radical (unpaired) electrons. The number of azide groups is 2. The van der Waals surface area contributed by atoms with Gasteiger partial charge in [0.2, 0.25) is 0 Å². The Balaban J connectivity index is -0.000000381. The molecule has 8 atom stereocenters. The lowest BCUT2D eigenvalue weighted by Gasteiger charge is -2.26. The van der Waals surface area contributed by atoms with Crippen molar-refractivity contribution in [1.82, 2.24) is 45.8 Å². The fraction of sp³-hybridized carbons (Fsp3) is 0.702. The van der Waals surface area contributed by atoms with Gasteiger partial charge >= 0.3 is 72.6 Å². The molecule has 614 valence electrons. The fourth-order valence-corrected chi connectivity index (χ4v) is 9.32. The highest BCUT2D eigenvalue weighted by Crippen LogP contribution is 2.28. The van der Waals surface area contributed by atoms with Crippen LogP contribution in [0.1, 0.15) is 63.8 Å². The number of ether oxygens (including phenoxy) is 2. The number of amides is 7. The maximum atomic E-state index is 12.3. The topological polar surface area (TPSA) is 427 Å². The number of β-amino-alcohol motifs (C(OH)–C–C–N with tert-alkyl or cyclic N) is 2. The molecule has 7 amide bonds. The minimum atomic E-state index is -5.17. The molecule has 4 saturated heterocycles. The van der Waals surface area contributed by atoms with Crippen molar-refractivity contribution < 1.29 is 144 Å². The minimum Gasteiger partial charge on any atom is -0.444 e. The van der Waals surface area contributed by atoms with Gasteiger partial charge in [-0.05, 0) is 52.6 Å². The van der Waals surface area contributed by atoms with Crippen molar-refractivity contribution in [2.24, 2.45) is 10.2 Å². The van der Waals surface area contributed by atoms with Crippen LogP contribution in [0.5, 0.6) is 0 Å². The number of likely N-dealkylation sites (tertiary alicyclic amines) is 3. The molecular weight excluding hydrogens is 1520 g/mol. The number of nitrogens with zero attached hydrogens (tertiary/aromatic N) is 11. The van der Waals surface area contributed by atoms with E-state index >= 15 is 0 Å². The summed E-state index contributed by atoms with van der Waals surface area (Å²) in [7, 11) is -8.15. The van der Waals surface area contributed by atoms with E-state index in [1.54, 1.807) is 41.5 Å². The van der Waals surface area contributed by atoms with Gasteiger partial charge in [-0.15, -0.1) is 26.3 Å². The second kappa shape index (κ2) is 46.8. The summed E-state index contributed by atoms with van der Waals surface area (Å²) in [4.78, 5) is 84.4. The zero-order valence-electron chi connectivity index (χ0n) is 56.2. The van der Waals surface area contributed by atoms with E-state index in [0.29, 0.717) is 40.3 Å². The third kappa shape index (κ3) is 44.7. The third-order valence-electron chi connectivity index (χ3n) is 12.1. The van der Waals surface area contributed by atoms with Crippen molar-refractivity contribution in [2.75, 3.05) is 104 Å². The molecule has 4 fully saturated rings. The summed E-state index contributed by atoms with van der Waals surface area (Å²) in [5.41, 5.74) is 15.3. The summed E-state index contributed by atoms with van der Waals surface area (Å²) in [6.07, 6.45) is -20.9. The summed E-state index contributed by atoms with van der Waals surface area (Å²) in [6.45, 7) is 23.8. The molecule has 5 heterocycles. The van der Waals surface area contributed by atoms with E-state index in [9.17, 15) is 116 Å². The summed E-state index contributed by atoms with van der Waals surface area (Å²) in [6, 6.07) is -2.40. The van der Waals surface area contributed by atoms with Gasteiger partial charge in [-0.25, -0.2) is 9.59 Å². The lowest BCUT2D eigenvalue weighted by atomic mass is 10.1. The van der Waals surface area contributed by atoms with E-state index in [0.717, 1.165) is 18.0 Å². The molecular formula is C57H92F15N15O17S2. The average molecular weight is 1610 g/mol. The molecule has 5 aliphatic heterocycles. The molecule has 0 aromatic carbocycles. The summed E-state index contributed by atoms with van der Waals surface area (Å²) < 4.78 is 243. The van der Waals surface area contributed by atoms with Gasteiger partial charge in [-0.3, -0.25) is 32.3 Å². The number of carbonyl (C=O) groups is 7. The maximum Gasteiger partial charge on any atom is 0.471 e. The normalized spacial score (nSPS) is 20.4. The number of alkyl carbamates (subject to hydrolysis) is 2. The predicted molar refractivity (Wildman–Crippen MR) is 353 cm³/mol. The van der Waals surface area contributed by atoms with Crippen LogP contribution in [-0.2, 0) is 62.0 Å². The van der Waals surface area contributed by atoms with E-state index in [1.807, 2.05) is 12.2 Å². The Kier molecular flexibility index (Phi) is 47.0. The van der Waals surface area contributed by atoms with Gasteiger partial charge in [-0.2, -0.15) is 82.7 Å². The van der Waals surface area contributed by atoms with Crippen LogP contribution >= 0.6 is 0 Å². The molecule has 5 aliphatic rings. The Labute approximate surface area is 602 Å². The standard InChI is InChI=1S/C14H27N3O4.C8H12F3NO7S2.C8H10F3NO.C6H6F3N7O.C6H8F3NO3.C6H6F3NO.C6H11N.3CH4/c1-13(2,3)20-11(18)16-9-7-15-8-10(9)17-12(19)21-14(4,5)6;1-20(14,15)18-5-3-12(7(13)8(9,10)11)4-6(5)19-21(2,16)17;1-3-5-12(6-4-2)7(13)8(9,10)11;7-6(8,9)5(17)16-1-3(12-14-10)4(2-16)13-15-11;7-6(8,9)5(13)10-1-3(11)4(12)2-10;7-6(8,9)5(11)10-3-1-2-4-10;1-3-5-7-6-4-2;;;/h9-10,15H,7-8H2,1-6H3,(H,16,18)(H,17,19);5-6H,3-4H2,1-2H3;3-4H,1-2,5-6H2;3-4H,1-2H2;3-4,11-12H,1-2H2;1-2H,3-4H2;3-4,7H,1-2,5-6H2;3*1H4/t9-,10+;5-,6-;;2*3-,4+;;;;;/m.1......../s1. The lowest BCUT2D eigenvalue weighted by molar-refractivity contribution is -0.184. The summed E-state index contributed by atoms with van der Waals surface area (Å²) in [5.74, 6) is -9.92. The van der Waals surface area contributed by atoms with Crippen LogP contribution in [0.2, 0.25) is 0 Å². The molecule has 106 heavy (non-hydrogen) atoms. The Morgan fingerprint density at radius 2 is 0.821 bits per heavy atom. The van der Waals surface area contributed by atoms with Gasteiger partial charge in [0.25, 0.3) is 20.2 Å². The zero-order chi connectivity index (χ0) is 80.7. The van der Waals surface area contributed by atoms with Crippen LogP contribution in [0.25, 0.3) is 20.9 Å². The molecule has 0 unspecified atom stereocenters. The molecule has 6 N–H and O–H groups in total. The first-order valence-electron chi connectivity index (χ1n) is 29.2. The predicted octanol–water partition coefficient (Wildman–Crippen LogP) is 6.87. The highest BCUT2D eigenvalue weighted by Gasteiger charge is 2.51. The van der Waals surface area contributed by atoms with Gasteiger partial charge < -0.3 is 65.5 Å². The molecule has 32 nitrogen and oxygen atoms in total. The Morgan fingerprint density at radius 1 is 0.528 bits per heavy atom. The lowest BCUT2D eigenvalue weighted by Crippen LogP contribution is -2.52. The summed E-state index contributed by atoms with van der Waals surface area (Å²) >= 11 is 0. The van der Waals surface area contributed by atoms with Crippen LogP contribution in [0.3, 0.4) is 0 Å². The SMILES string of the molecule is C.C.C.C=CCN(CC=C)C(=O)C(F)(F)F.C=CCNCC=C.CC(C)(C)OC(=O)N[C@H]1CNC[C@H]1NC(=O)OC(C)(C)C.CS(=O)(=O)O[C@@H]1CN(C(=O)C(F)(F)F)C[C@H]1OS(C)(=O)=O.O=C(N1CC=CC1)C(F)(F)F.O=C(N1C[C@@H](O)[C@@H](O)C1)C(F)(F)F.[N-]=[N+]=N[C@H]1CN(C(=O)C(F)(F)F)C[C@H]1N=[N+]=[N-]. The Bertz CT molecular complexity index is 3080. The quantitative estimate of drug-likeness (QED) is 0.0174. The molecule has 0 bridgehead atoms. The minimum absolute atomic E-state index is 0. The van der Waals surface area contributed by atoms with Crippen LogP contribution in [0.15, 0.2) is 73.0 Å². The fourth-order valence-electron chi connectivity index (χ4n) is 8.05. The van der Waals surface area contributed by atoms with Gasteiger partial charge in [0.1, 0.15) is 23.4 Å². The van der Waals surface area contributed by atoms with Crippen molar-refractivity contribution in [3.05, 3.63) is 83.7 Å². The molecule has 0 aliphatic carbocycles. The molecule has 0 aromatic rings. The van der Waals surface area contributed by atoms with Crippen molar-refractivity contribution >= 4 is 62.0 Å². The van der Waals surface area contributed by atoms with Gasteiger partial charge in [0.15, 0.2) is 0 Å². The molecule has 0 spiro atoms. The first kappa shape index (κ1) is 106. The number of hydrogen-bond acceptors (Lipinski definition) is 21. The van der Waals surface area contributed by atoms with E-state index in [2.05, 4.69) is 76.0 Å². The second-order valence-corrected chi connectivity index (χ2v) is 26.5. The van der Waals surface area contributed by atoms with Gasteiger partial charge in [-0.1, -0.05) is 69.0 Å². The van der Waals surface area contributed by atoms with Crippen molar-refractivity contribution in [3.8, 4) is 0 Å². The van der Waals surface area contributed by atoms with Crippen molar-refractivity contribution in [1.29, 1.82) is 0 Å². The number of nitrogens with one attached hydrogen (secondary N) is 4. The largest absolute Gasteiger partial charge is 0.471 e. The average Bonchev–Trinajstić information content (AvgIpc) is 1.67. The number of aliphatic hydroxyl groups excluding tert-OH is 2. The highest BCUT2D eigenvalue weighted by atomic mass is 32.2. The number of alkyl halides is 15.